The molecule has 1 aliphatic rings. The molecule has 1 amide bonds. The predicted octanol–water partition coefficient (Wildman–Crippen LogP) is 2.62. The molecule has 3 aromatic rings. The third kappa shape index (κ3) is 3.70. The highest BCUT2D eigenvalue weighted by molar-refractivity contribution is 9.10. The Morgan fingerprint density at radius 2 is 2.04 bits per heavy atom. The molecule has 0 saturated carbocycles. The average molecular weight is 443 g/mol. The van der Waals surface area contributed by atoms with Gasteiger partial charge in [0.05, 0.1) is 10.6 Å². The van der Waals surface area contributed by atoms with Gasteiger partial charge in [-0.1, -0.05) is 24.3 Å². The maximum Gasteiger partial charge on any atom is 0.274 e. The van der Waals surface area contributed by atoms with E-state index in [2.05, 4.69) is 27.0 Å². The summed E-state index contributed by atoms with van der Waals surface area (Å²) >= 11 is 3.46. The van der Waals surface area contributed by atoms with Crippen molar-refractivity contribution in [1.29, 1.82) is 0 Å². The van der Waals surface area contributed by atoms with Crippen LogP contribution in [0.3, 0.4) is 0 Å². The van der Waals surface area contributed by atoms with Gasteiger partial charge in [0.15, 0.2) is 5.65 Å². The average Bonchev–Trinajstić information content (AvgIpc) is 3.15. The van der Waals surface area contributed by atoms with Crippen LogP contribution in [0.5, 0.6) is 0 Å². The Kier molecular flexibility index (Phi) is 5.48. The van der Waals surface area contributed by atoms with Crippen LogP contribution in [0.1, 0.15) is 28.0 Å². The van der Waals surface area contributed by atoms with Crippen molar-refractivity contribution < 1.29 is 9.90 Å². The van der Waals surface area contributed by atoms with E-state index in [-0.39, 0.29) is 11.8 Å². The lowest BCUT2D eigenvalue weighted by molar-refractivity contribution is 0.0194. The Bertz CT molecular complexity index is 1000. The number of carbonyl (C=O) groups is 1. The van der Waals surface area contributed by atoms with Gasteiger partial charge >= 0.3 is 0 Å². The van der Waals surface area contributed by atoms with E-state index < -0.39 is 6.10 Å². The van der Waals surface area contributed by atoms with Crippen molar-refractivity contribution in [2.45, 2.75) is 25.5 Å². The second-order valence-corrected chi connectivity index (χ2v) is 8.11. The highest BCUT2D eigenvalue weighted by atomic mass is 79.9. The number of nitrogens with two attached hydrogens (primary N) is 1. The van der Waals surface area contributed by atoms with Crippen molar-refractivity contribution in [3.63, 3.8) is 0 Å². The van der Waals surface area contributed by atoms with Gasteiger partial charge in [0.25, 0.3) is 5.91 Å². The van der Waals surface area contributed by atoms with Crippen molar-refractivity contribution in [2.75, 3.05) is 13.1 Å². The summed E-state index contributed by atoms with van der Waals surface area (Å²) in [4.78, 5) is 19.1. The fourth-order valence-corrected chi connectivity index (χ4v) is 4.33. The maximum atomic E-state index is 12.9. The van der Waals surface area contributed by atoms with E-state index in [9.17, 15) is 9.90 Å². The van der Waals surface area contributed by atoms with Crippen LogP contribution in [-0.4, -0.2) is 44.5 Å². The van der Waals surface area contributed by atoms with Gasteiger partial charge in [-0.15, -0.1) is 0 Å². The van der Waals surface area contributed by atoms with Gasteiger partial charge in [0.2, 0.25) is 0 Å². The largest absolute Gasteiger partial charge is 0.391 e. The highest BCUT2D eigenvalue weighted by Gasteiger charge is 2.31. The van der Waals surface area contributed by atoms with E-state index in [1.54, 1.807) is 11.1 Å². The van der Waals surface area contributed by atoms with Crippen LogP contribution in [0.25, 0.3) is 5.65 Å². The number of aliphatic hydroxyl groups is 1. The molecule has 146 valence electrons. The first-order valence-electron chi connectivity index (χ1n) is 9.44. The lowest BCUT2D eigenvalue weighted by atomic mass is 9.86. The van der Waals surface area contributed by atoms with Gasteiger partial charge in [-0.05, 0) is 57.9 Å². The van der Waals surface area contributed by atoms with Crippen molar-refractivity contribution >= 4 is 27.5 Å². The summed E-state index contributed by atoms with van der Waals surface area (Å²) in [7, 11) is 0. The van der Waals surface area contributed by atoms with Crippen LogP contribution < -0.4 is 5.73 Å². The summed E-state index contributed by atoms with van der Waals surface area (Å²) in [6.07, 6.45) is 4.56. The van der Waals surface area contributed by atoms with Crippen LogP contribution in [0.4, 0.5) is 0 Å². The first-order chi connectivity index (χ1) is 13.6. The molecule has 2 atom stereocenters. The molecule has 2 aromatic heterocycles. The van der Waals surface area contributed by atoms with Crippen LogP contribution >= 0.6 is 15.9 Å². The van der Waals surface area contributed by atoms with Crippen LogP contribution in [0.2, 0.25) is 0 Å². The normalized spacial score (nSPS) is 19.9. The van der Waals surface area contributed by atoms with Crippen molar-refractivity contribution in [3.05, 3.63) is 70.1 Å². The van der Waals surface area contributed by atoms with Gasteiger partial charge in [0, 0.05) is 32.0 Å². The monoisotopic (exact) mass is 442 g/mol. The molecule has 3 heterocycles. The van der Waals surface area contributed by atoms with Gasteiger partial charge in [0.1, 0.15) is 5.69 Å². The summed E-state index contributed by atoms with van der Waals surface area (Å²) in [5, 5.41) is 10.7. The minimum atomic E-state index is -0.563. The lowest BCUT2D eigenvalue weighted by Crippen LogP contribution is -2.47. The number of rotatable bonds is 4. The molecule has 7 heteroatoms. The summed E-state index contributed by atoms with van der Waals surface area (Å²) in [6.45, 7) is 1.43. The fourth-order valence-electron chi connectivity index (χ4n) is 3.88. The zero-order chi connectivity index (χ0) is 19.7. The van der Waals surface area contributed by atoms with Gasteiger partial charge < -0.3 is 20.1 Å². The van der Waals surface area contributed by atoms with Crippen LogP contribution in [0, 0.1) is 5.92 Å². The number of halogens is 1. The molecule has 1 aliphatic heterocycles. The van der Waals surface area contributed by atoms with Gasteiger partial charge in [-0.25, -0.2) is 4.98 Å². The van der Waals surface area contributed by atoms with Gasteiger partial charge in [-0.3, -0.25) is 4.79 Å². The number of imidazole rings is 1. The van der Waals surface area contributed by atoms with Crippen LogP contribution in [-0.2, 0) is 13.0 Å². The Hall–Kier alpha value is -2.22. The number of nitrogens with zero attached hydrogens (tertiary/aromatic N) is 3. The van der Waals surface area contributed by atoms with E-state index in [0.717, 1.165) is 22.9 Å². The Balaban J connectivity index is 1.45. The number of carbonyl (C=O) groups excluding carboxylic acids is 1. The second-order valence-electron chi connectivity index (χ2n) is 7.26. The van der Waals surface area contributed by atoms with E-state index in [4.69, 9.17) is 5.73 Å². The molecule has 28 heavy (non-hydrogen) atoms. The van der Waals surface area contributed by atoms with Crippen molar-refractivity contribution in [3.8, 4) is 0 Å². The minimum absolute atomic E-state index is 0.118. The number of hydrogen-bond donors (Lipinski definition) is 2. The van der Waals surface area contributed by atoms with E-state index >= 15 is 0 Å². The molecule has 0 radical (unpaired) electrons. The summed E-state index contributed by atoms with van der Waals surface area (Å²) in [5.74, 6) is -0.0255. The topological polar surface area (TPSA) is 83.9 Å². The zero-order valence-corrected chi connectivity index (χ0v) is 17.0. The summed E-state index contributed by atoms with van der Waals surface area (Å²) in [5.41, 5.74) is 9.23. The molecule has 6 nitrogen and oxygen atoms in total. The number of benzene rings is 1. The molecule has 0 aliphatic carbocycles. The molecular formula is C21H23BrN4O2. The number of likely N-dealkylation sites (tertiary alicyclic amines) is 1. The first kappa shape index (κ1) is 19.1. The maximum absolute atomic E-state index is 12.9. The SMILES string of the molecule is NCc1ccccc1CC1CCN(C(=O)c2cn3cccc(Br)c3n2)C[C@H]1O. The number of piperidine rings is 1. The fraction of sp³-hybridized carbons (Fsp3) is 0.333. The lowest BCUT2D eigenvalue weighted by Gasteiger charge is -2.36. The highest BCUT2D eigenvalue weighted by Crippen LogP contribution is 2.25. The number of hydrogen-bond acceptors (Lipinski definition) is 4. The smallest absolute Gasteiger partial charge is 0.274 e. The van der Waals surface area contributed by atoms with E-state index in [0.29, 0.717) is 31.0 Å². The molecule has 1 unspecified atom stereocenters. The zero-order valence-electron chi connectivity index (χ0n) is 15.5. The summed E-state index contributed by atoms with van der Waals surface area (Å²) < 4.78 is 2.66. The molecule has 0 bridgehead atoms. The molecule has 0 spiro atoms. The quantitative estimate of drug-likeness (QED) is 0.650. The van der Waals surface area contributed by atoms with Crippen molar-refractivity contribution in [2.24, 2.45) is 11.7 Å². The molecule has 1 fully saturated rings. The second kappa shape index (κ2) is 8.03. The Morgan fingerprint density at radius 3 is 2.75 bits per heavy atom. The van der Waals surface area contributed by atoms with Crippen molar-refractivity contribution in [1.82, 2.24) is 14.3 Å². The van der Waals surface area contributed by atoms with Gasteiger partial charge in [-0.2, -0.15) is 0 Å². The van der Waals surface area contributed by atoms with E-state index in [1.165, 1.54) is 5.56 Å². The molecule has 1 saturated heterocycles. The molecular weight excluding hydrogens is 420 g/mol. The summed E-state index contributed by atoms with van der Waals surface area (Å²) in [6, 6.07) is 11.9. The third-order valence-corrected chi connectivity index (χ3v) is 6.10. The standard InChI is InChI=1S/C21H23BrN4O2/c22-17-6-3-8-25-12-18(24-20(17)25)21(28)26-9-7-15(19(27)13-26)10-14-4-1-2-5-16(14)11-23/h1-6,8,12,15,19,27H,7,9-11,13,23H2/t15?,19-/m1/s1. The number of β-amino-alcohol motifs (C(OH)–C–C–N with tert-alkyl or cyclic N) is 1. The molecule has 4 rings (SSSR count). The van der Waals surface area contributed by atoms with E-state index in [1.807, 2.05) is 40.9 Å². The first-order valence-corrected chi connectivity index (χ1v) is 10.2. The number of aromatic nitrogens is 2. The molecule has 3 N–H and O–H groups in total. The predicted molar refractivity (Wildman–Crippen MR) is 111 cm³/mol. The minimum Gasteiger partial charge on any atom is -0.391 e. The van der Waals surface area contributed by atoms with Crippen LogP contribution in [0.15, 0.2) is 53.3 Å². The number of fused-ring (bicyclic) bond motifs is 1. The Labute approximate surface area is 172 Å². The third-order valence-electron chi connectivity index (χ3n) is 5.48. The number of aliphatic hydroxyl groups excluding tert-OH is 1. The number of amides is 1. The number of pyridine rings is 1. The molecule has 1 aromatic carbocycles. The Morgan fingerprint density at radius 1 is 1.25 bits per heavy atom.